The minimum absolute atomic E-state index is 0.0452. The molecule has 1 atom stereocenters. The Labute approximate surface area is 163 Å². The molecule has 1 amide bonds. The summed E-state index contributed by atoms with van der Waals surface area (Å²) in [5, 5.41) is 5.33. The van der Waals surface area contributed by atoms with E-state index in [4.69, 9.17) is 23.2 Å². The predicted molar refractivity (Wildman–Crippen MR) is 98.8 cm³/mol. The number of nitrogens with zero attached hydrogens (tertiary/aromatic N) is 3. The smallest absolute Gasteiger partial charge is 0.254 e. The van der Waals surface area contributed by atoms with Crippen LogP contribution in [-0.4, -0.2) is 37.7 Å². The van der Waals surface area contributed by atoms with Crippen LogP contribution >= 0.6 is 39.1 Å². The maximum atomic E-state index is 12.8. The van der Waals surface area contributed by atoms with Crippen LogP contribution < -0.4 is 0 Å². The number of carbonyl (C=O) groups excluding carboxylic acids is 2. The summed E-state index contributed by atoms with van der Waals surface area (Å²) < 4.78 is 1.79. The van der Waals surface area contributed by atoms with E-state index in [9.17, 15) is 9.59 Å². The van der Waals surface area contributed by atoms with Gasteiger partial charge in [-0.05, 0) is 24.6 Å². The molecular formula is C17H14BrCl2N3O2. The SMILES string of the molecule is O=C1c2c3c(nn2CCC1Br)CCN(C(=O)c1ccc(Cl)c(Cl)c1)C3. The fourth-order valence-electron chi connectivity index (χ4n) is 3.36. The van der Waals surface area contributed by atoms with Crippen LogP contribution in [-0.2, 0) is 19.5 Å². The van der Waals surface area contributed by atoms with Crippen molar-refractivity contribution in [1.82, 2.24) is 14.7 Å². The van der Waals surface area contributed by atoms with Gasteiger partial charge in [-0.3, -0.25) is 14.3 Å². The van der Waals surface area contributed by atoms with Gasteiger partial charge in [0.1, 0.15) is 5.69 Å². The molecule has 2 aliphatic heterocycles. The van der Waals surface area contributed by atoms with Gasteiger partial charge in [0.15, 0.2) is 5.78 Å². The first-order valence-electron chi connectivity index (χ1n) is 7.97. The number of ketones is 1. The second-order valence-electron chi connectivity index (χ2n) is 6.22. The molecule has 0 saturated carbocycles. The Hall–Kier alpha value is -1.37. The molecule has 0 fully saturated rings. The second-order valence-corrected chi connectivity index (χ2v) is 8.14. The van der Waals surface area contributed by atoms with Crippen molar-refractivity contribution >= 4 is 50.8 Å². The average Bonchev–Trinajstić information content (AvgIpc) is 2.98. The normalized spacial score (nSPS) is 19.6. The number of halogens is 3. The van der Waals surface area contributed by atoms with E-state index in [-0.39, 0.29) is 16.5 Å². The van der Waals surface area contributed by atoms with Crippen molar-refractivity contribution in [3.8, 4) is 0 Å². The topological polar surface area (TPSA) is 55.2 Å². The van der Waals surface area contributed by atoms with Crippen LogP contribution in [0.25, 0.3) is 0 Å². The minimum atomic E-state index is -0.179. The zero-order valence-corrected chi connectivity index (χ0v) is 16.2. The summed E-state index contributed by atoms with van der Waals surface area (Å²) in [6.07, 6.45) is 1.38. The van der Waals surface area contributed by atoms with E-state index in [2.05, 4.69) is 21.0 Å². The number of carbonyl (C=O) groups is 2. The van der Waals surface area contributed by atoms with Gasteiger partial charge in [-0.15, -0.1) is 0 Å². The largest absolute Gasteiger partial charge is 0.334 e. The average molecular weight is 443 g/mol. The predicted octanol–water partition coefficient (Wildman–Crippen LogP) is 3.74. The maximum absolute atomic E-state index is 12.8. The number of benzene rings is 1. The number of aryl methyl sites for hydroxylation is 1. The van der Waals surface area contributed by atoms with Crippen LogP contribution in [0.5, 0.6) is 0 Å². The Morgan fingerprint density at radius 3 is 2.80 bits per heavy atom. The first-order valence-corrected chi connectivity index (χ1v) is 9.64. The van der Waals surface area contributed by atoms with Crippen molar-refractivity contribution in [2.24, 2.45) is 0 Å². The van der Waals surface area contributed by atoms with Gasteiger partial charge in [0.05, 0.1) is 27.1 Å². The summed E-state index contributed by atoms with van der Waals surface area (Å²) >= 11 is 15.4. The van der Waals surface area contributed by atoms with Gasteiger partial charge in [-0.1, -0.05) is 39.1 Å². The highest BCUT2D eigenvalue weighted by Gasteiger charge is 2.35. The molecule has 8 heteroatoms. The van der Waals surface area contributed by atoms with Gasteiger partial charge < -0.3 is 4.90 Å². The quantitative estimate of drug-likeness (QED) is 0.632. The molecule has 0 N–H and O–H groups in total. The molecule has 0 saturated heterocycles. The Balaban J connectivity index is 1.65. The molecule has 2 aliphatic rings. The molecular weight excluding hydrogens is 429 g/mol. The molecule has 25 heavy (non-hydrogen) atoms. The van der Waals surface area contributed by atoms with Gasteiger partial charge in [-0.25, -0.2) is 0 Å². The van der Waals surface area contributed by atoms with Gasteiger partial charge >= 0.3 is 0 Å². The summed E-state index contributed by atoms with van der Waals surface area (Å²) in [4.78, 5) is 26.9. The zero-order chi connectivity index (χ0) is 17.7. The van der Waals surface area contributed by atoms with Gasteiger partial charge in [0, 0.05) is 30.6 Å². The third-order valence-corrected chi connectivity index (χ3v) is 6.28. The summed E-state index contributed by atoms with van der Waals surface area (Å²) in [6, 6.07) is 4.86. The van der Waals surface area contributed by atoms with Gasteiger partial charge in [0.2, 0.25) is 0 Å². The Morgan fingerprint density at radius 2 is 2.04 bits per heavy atom. The molecule has 1 unspecified atom stereocenters. The first kappa shape index (κ1) is 17.1. The minimum Gasteiger partial charge on any atom is -0.334 e. The number of alkyl halides is 1. The molecule has 0 bridgehead atoms. The fourth-order valence-corrected chi connectivity index (χ4v) is 4.08. The number of amides is 1. The van der Waals surface area contributed by atoms with Crippen molar-refractivity contribution in [3.63, 3.8) is 0 Å². The lowest BCUT2D eigenvalue weighted by Gasteiger charge is -2.27. The number of hydrogen-bond acceptors (Lipinski definition) is 3. The van der Waals surface area contributed by atoms with Crippen molar-refractivity contribution in [3.05, 3.63) is 50.8 Å². The van der Waals surface area contributed by atoms with Crippen molar-refractivity contribution in [2.45, 2.75) is 30.8 Å². The van der Waals surface area contributed by atoms with Crippen LogP contribution in [0.4, 0.5) is 0 Å². The van der Waals surface area contributed by atoms with E-state index in [1.807, 2.05) is 0 Å². The summed E-state index contributed by atoms with van der Waals surface area (Å²) in [7, 11) is 0. The van der Waals surface area contributed by atoms with E-state index in [1.165, 1.54) is 0 Å². The highest BCUT2D eigenvalue weighted by Crippen LogP contribution is 2.30. The van der Waals surface area contributed by atoms with E-state index in [1.54, 1.807) is 27.8 Å². The molecule has 0 spiro atoms. The molecule has 5 nitrogen and oxygen atoms in total. The van der Waals surface area contributed by atoms with E-state index in [0.717, 1.165) is 17.7 Å². The third-order valence-electron chi connectivity index (χ3n) is 4.67. The number of aromatic nitrogens is 2. The molecule has 2 aromatic rings. The van der Waals surface area contributed by atoms with E-state index in [0.29, 0.717) is 47.4 Å². The molecule has 1 aromatic heterocycles. The van der Waals surface area contributed by atoms with Crippen LogP contribution in [0.1, 0.15) is 38.5 Å². The van der Waals surface area contributed by atoms with Crippen molar-refractivity contribution in [2.75, 3.05) is 6.54 Å². The van der Waals surface area contributed by atoms with Crippen molar-refractivity contribution < 1.29 is 9.59 Å². The Bertz CT molecular complexity index is 896. The first-order chi connectivity index (χ1) is 12.0. The second kappa shape index (κ2) is 6.41. The van der Waals surface area contributed by atoms with E-state index < -0.39 is 0 Å². The number of rotatable bonds is 1. The monoisotopic (exact) mass is 441 g/mol. The fraction of sp³-hybridized carbons (Fsp3) is 0.353. The lowest BCUT2D eigenvalue weighted by atomic mass is 9.99. The van der Waals surface area contributed by atoms with Crippen molar-refractivity contribution in [1.29, 1.82) is 0 Å². The molecule has 3 heterocycles. The summed E-state index contributed by atoms with van der Waals surface area (Å²) in [5.41, 5.74) is 2.91. The lowest BCUT2D eigenvalue weighted by Crippen LogP contribution is -2.37. The highest BCUT2D eigenvalue weighted by molar-refractivity contribution is 9.10. The molecule has 4 rings (SSSR count). The van der Waals surface area contributed by atoms with Gasteiger partial charge in [0.25, 0.3) is 5.91 Å². The molecule has 130 valence electrons. The zero-order valence-electron chi connectivity index (χ0n) is 13.1. The van der Waals surface area contributed by atoms with Gasteiger partial charge in [-0.2, -0.15) is 5.10 Å². The Kier molecular flexibility index (Phi) is 4.38. The highest BCUT2D eigenvalue weighted by atomic mass is 79.9. The van der Waals surface area contributed by atoms with Crippen LogP contribution in [0.2, 0.25) is 10.0 Å². The number of fused-ring (bicyclic) bond motifs is 3. The third kappa shape index (κ3) is 2.90. The maximum Gasteiger partial charge on any atom is 0.254 e. The summed E-state index contributed by atoms with van der Waals surface area (Å²) in [6.45, 7) is 1.66. The van der Waals surface area contributed by atoms with Crippen LogP contribution in [0, 0.1) is 0 Å². The lowest BCUT2D eigenvalue weighted by molar-refractivity contribution is 0.0731. The molecule has 0 radical (unpaired) electrons. The van der Waals surface area contributed by atoms with Crippen LogP contribution in [0.3, 0.4) is 0 Å². The number of hydrogen-bond donors (Lipinski definition) is 0. The van der Waals surface area contributed by atoms with Crippen LogP contribution in [0.15, 0.2) is 18.2 Å². The standard InChI is InChI=1S/C17H14BrCl2N3O2/c18-11-3-6-23-15(16(11)24)10-8-22(5-4-14(10)21-23)17(25)9-1-2-12(19)13(20)7-9/h1-2,7,11H,3-6,8H2. The number of Topliss-reactive ketones (excluding diaryl/α,β-unsaturated/α-hetero) is 1. The molecule has 1 aromatic carbocycles. The summed E-state index contributed by atoms with van der Waals surface area (Å²) in [5.74, 6) is -0.0772. The van der Waals surface area contributed by atoms with E-state index >= 15 is 0 Å². The Morgan fingerprint density at radius 1 is 1.24 bits per heavy atom. The molecule has 0 aliphatic carbocycles.